The van der Waals surface area contributed by atoms with E-state index in [0.29, 0.717) is 30.1 Å². The summed E-state index contributed by atoms with van der Waals surface area (Å²) < 4.78 is 0.286. The first-order valence-electron chi connectivity index (χ1n) is 18.0. The topological polar surface area (TPSA) is 13.0 Å². The SMILES string of the molecule is C1=CN(C2CCCCC2)[C]2([Ru+2][C]3(C2c2ccccc2)N(C2CCCCC2)C=CN3C2CCCCC2)N1C1CCCCC1.[Cl-].[Cl-]. The molecule has 0 aromatic heterocycles. The number of halogens is 2. The van der Waals surface area contributed by atoms with Crippen LogP contribution in [0.25, 0.3) is 0 Å². The second-order valence-corrected chi connectivity index (χ2v) is 17.6. The molecule has 0 radical (unpaired) electrons. The molecule has 3 aliphatic heterocycles. The third kappa shape index (κ3) is 5.36. The van der Waals surface area contributed by atoms with Crippen LogP contribution in [0, 0.1) is 0 Å². The Balaban J connectivity index is 0.00000171. The first kappa shape index (κ1) is 33.0. The van der Waals surface area contributed by atoms with Gasteiger partial charge in [0.05, 0.1) is 0 Å². The number of benzene rings is 1. The van der Waals surface area contributed by atoms with Crippen molar-refractivity contribution in [1.82, 2.24) is 19.6 Å². The molecule has 0 unspecified atom stereocenters. The molecule has 0 bridgehead atoms. The third-order valence-corrected chi connectivity index (χ3v) is 16.3. The van der Waals surface area contributed by atoms with Crippen molar-refractivity contribution in [2.45, 2.75) is 167 Å². The van der Waals surface area contributed by atoms with Gasteiger partial charge in [0.2, 0.25) is 0 Å². The molecule has 7 aliphatic rings. The van der Waals surface area contributed by atoms with Gasteiger partial charge in [0.25, 0.3) is 0 Å². The summed E-state index contributed by atoms with van der Waals surface area (Å²) in [5.41, 5.74) is 1.61. The normalized spacial score (nSPS) is 28.0. The second-order valence-electron chi connectivity index (χ2n) is 14.6. The van der Waals surface area contributed by atoms with Crippen molar-refractivity contribution in [2.24, 2.45) is 0 Å². The van der Waals surface area contributed by atoms with Gasteiger partial charge in [-0.15, -0.1) is 0 Å². The maximum Gasteiger partial charge on any atom is -1.00 e. The molecular formula is C37H54Cl2N4Ru. The molecule has 1 aromatic carbocycles. The van der Waals surface area contributed by atoms with E-state index >= 15 is 0 Å². The zero-order valence-corrected chi connectivity index (χ0v) is 29.9. The zero-order chi connectivity index (χ0) is 28.0. The summed E-state index contributed by atoms with van der Waals surface area (Å²) in [5, 5.41) is 0. The van der Waals surface area contributed by atoms with Gasteiger partial charge < -0.3 is 24.8 Å². The van der Waals surface area contributed by atoms with Crippen molar-refractivity contribution >= 4 is 0 Å². The summed E-state index contributed by atoms with van der Waals surface area (Å²) >= 11 is 0.0263. The minimum Gasteiger partial charge on any atom is -1.00 e. The van der Waals surface area contributed by atoms with E-state index in [2.05, 4.69) is 74.7 Å². The monoisotopic (exact) mass is 726 g/mol. The molecule has 1 aromatic rings. The van der Waals surface area contributed by atoms with Crippen LogP contribution < -0.4 is 24.8 Å². The fraction of sp³-hybridized carbons (Fsp3) is 0.730. The summed E-state index contributed by atoms with van der Waals surface area (Å²) in [6.45, 7) is 0. The van der Waals surface area contributed by atoms with E-state index in [4.69, 9.17) is 0 Å². The summed E-state index contributed by atoms with van der Waals surface area (Å²) in [6, 6.07) is 14.9. The van der Waals surface area contributed by atoms with Crippen molar-refractivity contribution in [2.75, 3.05) is 0 Å². The van der Waals surface area contributed by atoms with E-state index < -0.39 is 0 Å². The van der Waals surface area contributed by atoms with E-state index in [1.807, 2.05) is 0 Å². The Morgan fingerprint density at radius 2 is 0.727 bits per heavy atom. The van der Waals surface area contributed by atoms with Gasteiger partial charge in [-0.1, -0.05) is 0 Å². The minimum absolute atomic E-state index is 0. The summed E-state index contributed by atoms with van der Waals surface area (Å²) in [7, 11) is 0. The predicted molar refractivity (Wildman–Crippen MR) is 168 cm³/mol. The second kappa shape index (κ2) is 14.1. The molecule has 244 valence electrons. The van der Waals surface area contributed by atoms with Crippen molar-refractivity contribution in [3.8, 4) is 0 Å². The largest absolute Gasteiger partial charge is 1.00 e. The van der Waals surface area contributed by atoms with Crippen LogP contribution in [-0.4, -0.2) is 52.3 Å². The Morgan fingerprint density at radius 3 is 1.02 bits per heavy atom. The molecular weight excluding hydrogens is 672 g/mol. The quantitative estimate of drug-likeness (QED) is 0.434. The van der Waals surface area contributed by atoms with Crippen LogP contribution in [0.2, 0.25) is 0 Å². The third-order valence-electron chi connectivity index (χ3n) is 12.2. The van der Waals surface area contributed by atoms with Gasteiger partial charge >= 0.3 is 264 Å². The van der Waals surface area contributed by atoms with Gasteiger partial charge in [-0.3, -0.25) is 0 Å². The molecule has 0 atom stereocenters. The van der Waals surface area contributed by atoms with E-state index in [-0.39, 0.29) is 50.5 Å². The number of nitrogens with zero attached hydrogens (tertiary/aromatic N) is 4. The van der Waals surface area contributed by atoms with E-state index in [1.165, 1.54) is 128 Å². The van der Waals surface area contributed by atoms with Gasteiger partial charge in [-0.2, -0.15) is 0 Å². The van der Waals surface area contributed by atoms with Crippen LogP contribution >= 0.6 is 0 Å². The molecule has 8 rings (SSSR count). The Kier molecular flexibility index (Phi) is 10.6. The standard InChI is InChI=1S/C37H54N4.2ClH.Ru/c1-6-16-30(17-7-1)35(36-38(31-18-8-2-9-19-31)26-27-39(36)32-20-10-3-11-21-32)37-40(33-22-12-4-13-23-33)28-29-41(37)34-24-14-5-15-25-34;;;/h1,6-7,16-17,26-29,31-35H,2-5,8-15,18-25H2;2*1H;/q;;;+2/p-2. The van der Waals surface area contributed by atoms with Crippen LogP contribution in [0.15, 0.2) is 55.1 Å². The Morgan fingerprint density at radius 1 is 0.432 bits per heavy atom. The zero-order valence-electron chi connectivity index (χ0n) is 26.6. The van der Waals surface area contributed by atoms with Gasteiger partial charge in [0.1, 0.15) is 0 Å². The van der Waals surface area contributed by atoms with Crippen molar-refractivity contribution in [3.63, 3.8) is 0 Å². The van der Waals surface area contributed by atoms with Gasteiger partial charge in [-0.05, 0) is 0 Å². The molecule has 0 N–H and O–H groups in total. The van der Waals surface area contributed by atoms with Gasteiger partial charge in [-0.25, -0.2) is 0 Å². The number of hydrogen-bond acceptors (Lipinski definition) is 4. The van der Waals surface area contributed by atoms with Crippen LogP contribution in [0.1, 0.15) is 140 Å². The molecule has 4 nitrogen and oxygen atoms in total. The summed E-state index contributed by atoms with van der Waals surface area (Å²) in [4.78, 5) is 12.1. The Hall–Kier alpha value is -0.897. The maximum atomic E-state index is 3.03. The average molecular weight is 727 g/mol. The van der Waals surface area contributed by atoms with Gasteiger partial charge in [0, 0.05) is 0 Å². The van der Waals surface area contributed by atoms with E-state index in [1.54, 1.807) is 5.56 Å². The molecule has 5 fully saturated rings. The summed E-state index contributed by atoms with van der Waals surface area (Å²) in [5.74, 6) is 0.488. The van der Waals surface area contributed by atoms with Crippen LogP contribution in [-0.2, 0) is 17.1 Å². The van der Waals surface area contributed by atoms with Gasteiger partial charge in [0.15, 0.2) is 0 Å². The molecule has 0 amide bonds. The van der Waals surface area contributed by atoms with Crippen molar-refractivity contribution in [1.29, 1.82) is 0 Å². The Bertz CT molecular complexity index is 998. The average Bonchev–Trinajstić information content (AvgIpc) is 3.65. The predicted octanol–water partition coefficient (Wildman–Crippen LogP) is 2.69. The fourth-order valence-electron chi connectivity index (χ4n) is 10.2. The number of hydrogen-bond donors (Lipinski definition) is 0. The van der Waals surface area contributed by atoms with Crippen LogP contribution in [0.4, 0.5) is 0 Å². The van der Waals surface area contributed by atoms with Crippen molar-refractivity contribution in [3.05, 3.63) is 60.7 Å². The Labute approximate surface area is 287 Å². The smallest absolute Gasteiger partial charge is 1.00 e. The van der Waals surface area contributed by atoms with Crippen LogP contribution in [0.3, 0.4) is 0 Å². The van der Waals surface area contributed by atoms with E-state index in [0.717, 1.165) is 0 Å². The van der Waals surface area contributed by atoms with E-state index in [9.17, 15) is 0 Å². The molecule has 44 heavy (non-hydrogen) atoms. The molecule has 3 heterocycles. The van der Waals surface area contributed by atoms with Crippen LogP contribution in [0.5, 0.6) is 0 Å². The first-order chi connectivity index (χ1) is 20.8. The summed E-state index contributed by atoms with van der Waals surface area (Å²) in [6.07, 6.45) is 38.6. The fourth-order valence-corrected chi connectivity index (χ4v) is 15.2. The molecule has 4 aliphatic carbocycles. The first-order valence-corrected chi connectivity index (χ1v) is 19.8. The molecule has 1 saturated heterocycles. The molecule has 4 saturated carbocycles. The minimum atomic E-state index is 0. The number of rotatable bonds is 5. The molecule has 7 heteroatoms. The maximum absolute atomic E-state index is 3.03. The van der Waals surface area contributed by atoms with Crippen molar-refractivity contribution < 1.29 is 41.9 Å². The molecule has 2 spiro atoms.